The zero-order valence-corrected chi connectivity index (χ0v) is 24.0. The van der Waals surface area contributed by atoms with E-state index in [0.29, 0.717) is 46.9 Å². The molecule has 218 valence electrons. The number of para-hydroxylation sites is 1. The first-order valence-electron chi connectivity index (χ1n) is 13.8. The highest BCUT2D eigenvalue weighted by Crippen LogP contribution is 2.40. The summed E-state index contributed by atoms with van der Waals surface area (Å²) in [5.41, 5.74) is 5.55. The lowest BCUT2D eigenvalue weighted by Crippen LogP contribution is -2.59. The van der Waals surface area contributed by atoms with E-state index in [1.54, 1.807) is 54.3 Å². The molecule has 1 amide bonds. The number of fused-ring (bicyclic) bond motifs is 1. The molecule has 3 aromatic carbocycles. The van der Waals surface area contributed by atoms with Crippen molar-refractivity contribution >= 4 is 22.9 Å². The largest absolute Gasteiger partial charge is 0.338 e. The summed E-state index contributed by atoms with van der Waals surface area (Å²) in [6.07, 6.45) is 1.88. The normalized spacial score (nSPS) is 17.6. The van der Waals surface area contributed by atoms with Crippen molar-refractivity contribution in [2.75, 3.05) is 18.0 Å². The molecule has 42 heavy (non-hydrogen) atoms. The van der Waals surface area contributed by atoms with Crippen molar-refractivity contribution < 1.29 is 22.4 Å². The molecule has 1 saturated heterocycles. The molecule has 1 unspecified atom stereocenters. The van der Waals surface area contributed by atoms with Gasteiger partial charge in [0.1, 0.15) is 0 Å². The van der Waals surface area contributed by atoms with Crippen LogP contribution in [-0.4, -0.2) is 42.2 Å². The van der Waals surface area contributed by atoms with Crippen LogP contribution in [0.5, 0.6) is 0 Å². The van der Waals surface area contributed by atoms with Crippen LogP contribution in [0.1, 0.15) is 58.9 Å². The lowest BCUT2D eigenvalue weighted by Gasteiger charge is -2.48. The number of aliphatic imine (C=N–C) groups is 1. The van der Waals surface area contributed by atoms with E-state index in [1.807, 2.05) is 32.1 Å². The molecule has 1 fully saturated rings. The lowest BCUT2D eigenvalue weighted by atomic mass is 9.84. The van der Waals surface area contributed by atoms with Crippen LogP contribution in [0.2, 0.25) is 0 Å². The van der Waals surface area contributed by atoms with E-state index in [-0.39, 0.29) is 17.4 Å². The molecule has 4 nitrogen and oxygen atoms in total. The number of amides is 1. The third kappa shape index (κ3) is 5.62. The Morgan fingerprint density at radius 3 is 2.36 bits per heavy atom. The summed E-state index contributed by atoms with van der Waals surface area (Å²) in [6.45, 7) is 8.26. The van der Waals surface area contributed by atoms with Gasteiger partial charge in [0.15, 0.2) is 0 Å². The van der Waals surface area contributed by atoms with Gasteiger partial charge >= 0.3 is 6.55 Å². The molecule has 2 aliphatic heterocycles. The second-order valence-electron chi connectivity index (χ2n) is 11.2. The molecule has 0 bridgehead atoms. The highest BCUT2D eigenvalue weighted by atomic mass is 19.3. The molecule has 0 saturated carbocycles. The molecule has 3 aromatic rings. The summed E-state index contributed by atoms with van der Waals surface area (Å²) in [7, 11) is 0. The summed E-state index contributed by atoms with van der Waals surface area (Å²) in [5.74, 6) is -3.33. The summed E-state index contributed by atoms with van der Waals surface area (Å²) in [6, 6.07) is 17.9. The fourth-order valence-corrected chi connectivity index (χ4v) is 5.77. The van der Waals surface area contributed by atoms with Gasteiger partial charge < -0.3 is 9.80 Å². The van der Waals surface area contributed by atoms with Gasteiger partial charge in [-0.05, 0) is 56.2 Å². The van der Waals surface area contributed by atoms with Gasteiger partial charge in [0, 0.05) is 65.1 Å². The predicted octanol–water partition coefficient (Wildman–Crippen LogP) is 8.06. The number of aryl methyl sites for hydroxylation is 1. The number of carbonyl (C=O) groups is 1. The maximum Gasteiger partial charge on any atom is 0.315 e. The molecule has 0 aromatic heterocycles. The van der Waals surface area contributed by atoms with Crippen LogP contribution in [-0.2, 0) is 5.92 Å². The zero-order valence-electron chi connectivity index (χ0n) is 24.0. The van der Waals surface area contributed by atoms with Crippen LogP contribution in [0.4, 0.5) is 23.2 Å². The van der Waals surface area contributed by atoms with Crippen molar-refractivity contribution in [1.82, 2.24) is 4.90 Å². The van der Waals surface area contributed by atoms with Crippen molar-refractivity contribution in [2.45, 2.75) is 46.2 Å². The van der Waals surface area contributed by atoms with Crippen LogP contribution in [0.15, 0.2) is 90.1 Å². The number of carbonyl (C=O) groups excluding carboxylic acids is 1. The van der Waals surface area contributed by atoms with Crippen molar-refractivity contribution in [1.29, 1.82) is 0 Å². The van der Waals surface area contributed by atoms with Gasteiger partial charge in [0.25, 0.3) is 11.8 Å². The minimum Gasteiger partial charge on any atom is -0.338 e. The highest BCUT2D eigenvalue weighted by Gasteiger charge is 2.42. The molecule has 2 heterocycles. The van der Waals surface area contributed by atoms with Gasteiger partial charge in [0.05, 0.1) is 11.8 Å². The Hall–Kier alpha value is -4.20. The summed E-state index contributed by atoms with van der Waals surface area (Å²) in [5, 5.41) is 0. The van der Waals surface area contributed by atoms with Crippen molar-refractivity contribution in [3.63, 3.8) is 0 Å². The topological polar surface area (TPSA) is 35.9 Å². The smallest absolute Gasteiger partial charge is 0.315 e. The quantitative estimate of drug-likeness (QED) is 0.162. The van der Waals surface area contributed by atoms with E-state index in [1.165, 1.54) is 12.1 Å². The third-order valence-corrected chi connectivity index (χ3v) is 7.91. The Labute approximate surface area is 243 Å². The maximum atomic E-state index is 14.2. The Kier molecular flexibility index (Phi) is 7.84. The molecule has 2 aliphatic rings. The monoisotopic (exact) mass is 575 g/mol. The number of alkyl halides is 4. The Morgan fingerprint density at radius 2 is 1.71 bits per heavy atom. The van der Waals surface area contributed by atoms with Gasteiger partial charge in [-0.3, -0.25) is 9.79 Å². The van der Waals surface area contributed by atoms with E-state index in [2.05, 4.69) is 11.6 Å². The maximum absolute atomic E-state index is 14.2. The number of likely N-dealkylation sites (tertiary alicyclic amines) is 1. The van der Waals surface area contributed by atoms with Gasteiger partial charge in [0.2, 0.25) is 0 Å². The molecule has 0 radical (unpaired) electrons. The molecule has 8 heteroatoms. The SMILES string of the molecule is C=C(C)N=C(c1cccc(C(C)(F)F)c1)c1ccc(C(=O)N2CC(C3C=C(C)c4ccccc4N3C(F)F)C2)cc1C. The number of benzene rings is 3. The van der Waals surface area contributed by atoms with Crippen LogP contribution in [0.25, 0.3) is 5.57 Å². The van der Waals surface area contributed by atoms with Crippen molar-refractivity contribution in [3.8, 4) is 0 Å². The number of allylic oxidation sites excluding steroid dienone is 2. The van der Waals surface area contributed by atoms with Crippen LogP contribution < -0.4 is 4.90 Å². The van der Waals surface area contributed by atoms with E-state index in [9.17, 15) is 22.4 Å². The molecule has 5 rings (SSSR count). The van der Waals surface area contributed by atoms with Crippen molar-refractivity contribution in [2.24, 2.45) is 10.9 Å². The first kappa shape index (κ1) is 29.3. The minimum atomic E-state index is -3.01. The minimum absolute atomic E-state index is 0.122. The van der Waals surface area contributed by atoms with Gasteiger partial charge in [-0.1, -0.05) is 55.1 Å². The fourth-order valence-electron chi connectivity index (χ4n) is 5.77. The second-order valence-corrected chi connectivity index (χ2v) is 11.2. The number of hydrogen-bond donors (Lipinski definition) is 0. The van der Waals surface area contributed by atoms with Gasteiger partial charge in [-0.15, -0.1) is 0 Å². The van der Waals surface area contributed by atoms with E-state index >= 15 is 0 Å². The first-order valence-corrected chi connectivity index (χ1v) is 13.8. The molecule has 0 aliphatic carbocycles. The molecular formula is C34H33F4N3O. The highest BCUT2D eigenvalue weighted by molar-refractivity contribution is 6.14. The number of halogens is 4. The number of rotatable bonds is 7. The average Bonchev–Trinajstić information content (AvgIpc) is 2.90. The fraction of sp³-hybridized carbons (Fsp3) is 0.294. The number of anilines is 1. The Morgan fingerprint density at radius 1 is 1.00 bits per heavy atom. The number of nitrogens with zero attached hydrogens (tertiary/aromatic N) is 3. The molecular weight excluding hydrogens is 542 g/mol. The standard InChI is InChI=1S/C34H33F4N3O/c1-20(2)39-31(23-9-8-10-26(17-23)34(5,37)38)28-14-13-24(15-21(28)3)32(42)40-18-25(19-40)30-16-22(4)27-11-6-7-12-29(27)41(30)33(35)36/h6-17,25,30,33H,1,18-19H2,2-5H3. The molecule has 1 atom stereocenters. The zero-order chi connectivity index (χ0) is 30.3. The van der Waals surface area contributed by atoms with E-state index in [0.717, 1.165) is 28.5 Å². The summed E-state index contributed by atoms with van der Waals surface area (Å²) < 4.78 is 56.5. The predicted molar refractivity (Wildman–Crippen MR) is 159 cm³/mol. The summed E-state index contributed by atoms with van der Waals surface area (Å²) in [4.78, 5) is 20.8. The third-order valence-electron chi connectivity index (χ3n) is 7.91. The average molecular weight is 576 g/mol. The summed E-state index contributed by atoms with van der Waals surface area (Å²) >= 11 is 0. The van der Waals surface area contributed by atoms with E-state index in [4.69, 9.17) is 0 Å². The van der Waals surface area contributed by atoms with Gasteiger partial charge in [-0.2, -0.15) is 8.78 Å². The molecule has 0 N–H and O–H groups in total. The first-order chi connectivity index (χ1) is 19.8. The second kappa shape index (κ2) is 11.2. The van der Waals surface area contributed by atoms with E-state index < -0.39 is 18.5 Å². The van der Waals surface area contributed by atoms with Gasteiger partial charge in [-0.25, -0.2) is 8.78 Å². The van der Waals surface area contributed by atoms with Crippen LogP contribution in [0.3, 0.4) is 0 Å². The van der Waals surface area contributed by atoms with Crippen LogP contribution in [0, 0.1) is 12.8 Å². The Balaban J connectivity index is 1.36. The Bertz CT molecular complexity index is 1600. The van der Waals surface area contributed by atoms with Crippen LogP contribution >= 0.6 is 0 Å². The lowest BCUT2D eigenvalue weighted by molar-refractivity contribution is 0.0174. The number of hydrogen-bond acceptors (Lipinski definition) is 3. The van der Waals surface area contributed by atoms with Crippen molar-refractivity contribution in [3.05, 3.63) is 118 Å². The molecule has 0 spiro atoms.